The Labute approximate surface area is 221 Å². The number of fused-ring (bicyclic) bond motifs is 1. The summed E-state index contributed by atoms with van der Waals surface area (Å²) in [6, 6.07) is 38.6. The van der Waals surface area contributed by atoms with Gasteiger partial charge in [-0.15, -0.1) is 0 Å². The van der Waals surface area contributed by atoms with E-state index in [1.165, 1.54) is 39.3 Å². The number of thiazole rings is 1. The molecule has 4 nitrogen and oxygen atoms in total. The van der Waals surface area contributed by atoms with Crippen LogP contribution in [-0.2, 0) is 18.4 Å². The zero-order valence-electron chi connectivity index (χ0n) is 20.7. The molecule has 6 aromatic rings. The fraction of sp³-hybridized carbons (Fsp3) is 0.125. The van der Waals surface area contributed by atoms with Crippen LogP contribution in [-0.4, -0.2) is 14.5 Å². The summed E-state index contributed by atoms with van der Waals surface area (Å²) in [6.07, 6.45) is 3.78. The van der Waals surface area contributed by atoms with Gasteiger partial charge in [0.1, 0.15) is 5.54 Å². The minimum atomic E-state index is -0.543. The van der Waals surface area contributed by atoms with Gasteiger partial charge in [-0.3, -0.25) is 0 Å². The van der Waals surface area contributed by atoms with Crippen molar-refractivity contribution in [2.45, 2.75) is 25.3 Å². The van der Waals surface area contributed by atoms with Crippen molar-refractivity contribution < 1.29 is 0 Å². The Morgan fingerprint density at radius 2 is 1.32 bits per heavy atom. The van der Waals surface area contributed by atoms with Crippen LogP contribution in [0.3, 0.4) is 0 Å². The Morgan fingerprint density at radius 1 is 0.757 bits per heavy atom. The van der Waals surface area contributed by atoms with E-state index < -0.39 is 5.54 Å². The molecule has 5 heteroatoms. The molecule has 0 radical (unpaired) electrons. The maximum absolute atomic E-state index is 5.91. The molecule has 2 heterocycles. The summed E-state index contributed by atoms with van der Waals surface area (Å²) in [5, 5.41) is 0.612. The molecule has 0 unspecified atom stereocenters. The highest BCUT2D eigenvalue weighted by atomic mass is 32.1. The standard InChI is InChI=1S/C32H28N4S/c1-23-28(19-17-24-18-20-29-30(21-24)37-31(33)35-29)34-22-36(23)32(25-11-5-2-6-12-25,26-13-7-3-8-14-26)27-15-9-4-10-16-27/h2-16,18,20-22H,17,19H2,1H3,(H2,33,35). The van der Waals surface area contributed by atoms with Crippen LogP contribution < -0.4 is 5.73 Å². The van der Waals surface area contributed by atoms with E-state index in [2.05, 4.69) is 126 Å². The van der Waals surface area contributed by atoms with Crippen molar-refractivity contribution in [1.29, 1.82) is 0 Å². The molecular weight excluding hydrogens is 472 g/mol. The number of nitrogens with zero attached hydrogens (tertiary/aromatic N) is 3. The lowest BCUT2D eigenvalue weighted by molar-refractivity contribution is 0.503. The van der Waals surface area contributed by atoms with Gasteiger partial charge < -0.3 is 10.3 Å². The molecule has 0 aliphatic rings. The van der Waals surface area contributed by atoms with Crippen molar-refractivity contribution in [2.24, 2.45) is 0 Å². The van der Waals surface area contributed by atoms with E-state index in [1.807, 2.05) is 6.33 Å². The van der Waals surface area contributed by atoms with E-state index >= 15 is 0 Å². The van der Waals surface area contributed by atoms with Gasteiger partial charge in [0.2, 0.25) is 0 Å². The van der Waals surface area contributed by atoms with Gasteiger partial charge in [0, 0.05) is 5.69 Å². The largest absolute Gasteiger partial charge is 0.375 e. The van der Waals surface area contributed by atoms with Crippen LogP contribution in [0, 0.1) is 6.92 Å². The number of nitrogen functional groups attached to an aromatic ring is 1. The van der Waals surface area contributed by atoms with Gasteiger partial charge in [-0.05, 0) is 54.2 Å². The molecule has 6 rings (SSSR count). The number of aromatic nitrogens is 3. The van der Waals surface area contributed by atoms with Crippen LogP contribution in [0.25, 0.3) is 10.2 Å². The summed E-state index contributed by atoms with van der Waals surface area (Å²) in [7, 11) is 0. The zero-order chi connectivity index (χ0) is 25.2. The topological polar surface area (TPSA) is 56.7 Å². The van der Waals surface area contributed by atoms with Crippen LogP contribution in [0.15, 0.2) is 116 Å². The van der Waals surface area contributed by atoms with Crippen molar-refractivity contribution in [1.82, 2.24) is 14.5 Å². The second kappa shape index (κ2) is 9.68. The van der Waals surface area contributed by atoms with Crippen LogP contribution in [0.4, 0.5) is 5.13 Å². The summed E-state index contributed by atoms with van der Waals surface area (Å²) in [5.41, 5.74) is 13.5. The Kier molecular flexibility index (Phi) is 6.07. The third-order valence-electron chi connectivity index (χ3n) is 7.16. The second-order valence-corrected chi connectivity index (χ2v) is 10.4. The van der Waals surface area contributed by atoms with Crippen molar-refractivity contribution in [3.63, 3.8) is 0 Å². The molecule has 0 saturated carbocycles. The van der Waals surface area contributed by atoms with Crippen molar-refractivity contribution in [2.75, 3.05) is 5.73 Å². The number of anilines is 1. The van der Waals surface area contributed by atoms with E-state index in [9.17, 15) is 0 Å². The Hall–Kier alpha value is -4.22. The fourth-order valence-electron chi connectivity index (χ4n) is 5.39. The van der Waals surface area contributed by atoms with Gasteiger partial charge in [-0.1, -0.05) is 108 Å². The zero-order valence-corrected chi connectivity index (χ0v) is 21.5. The monoisotopic (exact) mass is 500 g/mol. The highest BCUT2D eigenvalue weighted by Gasteiger charge is 2.39. The van der Waals surface area contributed by atoms with Crippen LogP contribution in [0.2, 0.25) is 0 Å². The predicted molar refractivity (Wildman–Crippen MR) is 153 cm³/mol. The molecule has 4 aromatic carbocycles. The van der Waals surface area contributed by atoms with Gasteiger partial charge in [-0.2, -0.15) is 0 Å². The van der Waals surface area contributed by atoms with Gasteiger partial charge in [0.05, 0.1) is 22.2 Å². The maximum atomic E-state index is 5.91. The molecule has 0 saturated heterocycles. The highest BCUT2D eigenvalue weighted by molar-refractivity contribution is 7.22. The quantitative estimate of drug-likeness (QED) is 0.240. The van der Waals surface area contributed by atoms with Crippen LogP contribution in [0.1, 0.15) is 33.6 Å². The number of hydrogen-bond acceptors (Lipinski definition) is 4. The van der Waals surface area contributed by atoms with E-state index in [4.69, 9.17) is 10.7 Å². The lowest BCUT2D eigenvalue weighted by atomic mass is 9.76. The summed E-state index contributed by atoms with van der Waals surface area (Å²) in [5.74, 6) is 0. The van der Waals surface area contributed by atoms with Gasteiger partial charge in [0.15, 0.2) is 5.13 Å². The average molecular weight is 501 g/mol. The lowest BCUT2D eigenvalue weighted by Gasteiger charge is -2.38. The number of hydrogen-bond donors (Lipinski definition) is 1. The minimum Gasteiger partial charge on any atom is -0.375 e. The molecular formula is C32H28N4S. The third-order valence-corrected chi connectivity index (χ3v) is 8.01. The lowest BCUT2D eigenvalue weighted by Crippen LogP contribution is -2.38. The van der Waals surface area contributed by atoms with Gasteiger partial charge in [0.25, 0.3) is 0 Å². The Balaban J connectivity index is 1.46. The number of benzene rings is 4. The number of nitrogens with two attached hydrogens (primary N) is 1. The molecule has 0 spiro atoms. The van der Waals surface area contributed by atoms with E-state index in [0.29, 0.717) is 5.13 Å². The van der Waals surface area contributed by atoms with Gasteiger partial charge in [-0.25, -0.2) is 9.97 Å². The first-order chi connectivity index (χ1) is 18.2. The summed E-state index contributed by atoms with van der Waals surface area (Å²) in [6.45, 7) is 2.19. The summed E-state index contributed by atoms with van der Waals surface area (Å²) in [4.78, 5) is 9.36. The number of aryl methyl sites for hydroxylation is 2. The maximum Gasteiger partial charge on any atom is 0.181 e. The molecule has 0 aliphatic carbocycles. The minimum absolute atomic E-state index is 0.543. The number of imidazole rings is 1. The second-order valence-electron chi connectivity index (χ2n) is 9.31. The summed E-state index contributed by atoms with van der Waals surface area (Å²) >= 11 is 1.54. The molecule has 37 heavy (non-hydrogen) atoms. The average Bonchev–Trinajstić information content (AvgIpc) is 3.51. The first-order valence-electron chi connectivity index (χ1n) is 12.5. The fourth-order valence-corrected chi connectivity index (χ4v) is 6.19. The molecule has 182 valence electrons. The van der Waals surface area contributed by atoms with Crippen molar-refractivity contribution in [3.8, 4) is 0 Å². The van der Waals surface area contributed by atoms with Crippen LogP contribution in [0.5, 0.6) is 0 Å². The first-order valence-corrected chi connectivity index (χ1v) is 13.3. The SMILES string of the molecule is Cc1c(CCc2ccc3nc(N)sc3c2)ncn1C(c1ccccc1)(c1ccccc1)c1ccccc1. The van der Waals surface area contributed by atoms with Crippen molar-refractivity contribution >= 4 is 26.7 Å². The predicted octanol–water partition coefficient (Wildman–Crippen LogP) is 7.01. The molecule has 0 atom stereocenters. The van der Waals surface area contributed by atoms with Gasteiger partial charge >= 0.3 is 0 Å². The molecule has 2 aromatic heterocycles. The molecule has 0 amide bonds. The number of rotatable bonds is 7. The highest BCUT2D eigenvalue weighted by Crippen LogP contribution is 2.42. The molecule has 0 aliphatic heterocycles. The molecule has 0 fully saturated rings. The first kappa shape index (κ1) is 23.2. The Bertz CT molecular complexity index is 1540. The third kappa shape index (κ3) is 4.11. The molecule has 0 bridgehead atoms. The summed E-state index contributed by atoms with van der Waals surface area (Å²) < 4.78 is 3.49. The van der Waals surface area contributed by atoms with Crippen LogP contribution >= 0.6 is 11.3 Å². The molecule has 2 N–H and O–H groups in total. The van der Waals surface area contributed by atoms with E-state index in [0.717, 1.165) is 28.8 Å². The normalized spacial score (nSPS) is 11.7. The Morgan fingerprint density at radius 3 is 1.89 bits per heavy atom. The smallest absolute Gasteiger partial charge is 0.181 e. The van der Waals surface area contributed by atoms with E-state index in [-0.39, 0.29) is 0 Å². The van der Waals surface area contributed by atoms with Crippen molar-refractivity contribution in [3.05, 3.63) is 149 Å². The van der Waals surface area contributed by atoms with E-state index in [1.54, 1.807) is 0 Å².